The Morgan fingerprint density at radius 1 is 0.702 bits per heavy atom. The SMILES string of the molecule is CC[C@H](C)[C@H](NC(=O)C(C(C)C)C(C)C)C(=O)N[C@@H](CC(=O)O)C(=O)N([C@@H](CC(=O)O)C(=O)N[C@@H](CC(C)C)C(=O)O)N1CCCC1. The van der Waals surface area contributed by atoms with Crippen LogP contribution in [0, 0.1) is 29.6 Å². The third-order valence-electron chi connectivity index (χ3n) is 8.43. The fraction of sp³-hybridized carbons (Fsp3) is 0.781. The lowest BCUT2D eigenvalue weighted by atomic mass is 9.84. The summed E-state index contributed by atoms with van der Waals surface area (Å²) >= 11 is 0. The fourth-order valence-corrected chi connectivity index (χ4v) is 5.95. The zero-order valence-corrected chi connectivity index (χ0v) is 28.9. The number of carboxylic acids is 3. The zero-order valence-electron chi connectivity index (χ0n) is 28.9. The van der Waals surface area contributed by atoms with Gasteiger partial charge in [-0.1, -0.05) is 61.8 Å². The van der Waals surface area contributed by atoms with Gasteiger partial charge in [-0.3, -0.25) is 33.8 Å². The van der Waals surface area contributed by atoms with Crippen LogP contribution in [0.5, 0.6) is 0 Å². The number of nitrogens with zero attached hydrogens (tertiary/aromatic N) is 2. The van der Waals surface area contributed by atoms with Crippen LogP contribution in [0.3, 0.4) is 0 Å². The first-order valence-corrected chi connectivity index (χ1v) is 16.5. The number of aliphatic carboxylic acids is 3. The van der Waals surface area contributed by atoms with Crippen molar-refractivity contribution < 1.29 is 48.9 Å². The van der Waals surface area contributed by atoms with Crippen molar-refractivity contribution in [2.75, 3.05) is 13.1 Å². The number of hydrogen-bond acceptors (Lipinski definition) is 8. The highest BCUT2D eigenvalue weighted by Crippen LogP contribution is 2.23. The first-order chi connectivity index (χ1) is 21.8. The lowest BCUT2D eigenvalue weighted by Crippen LogP contribution is -2.64. The largest absolute Gasteiger partial charge is 0.481 e. The number of hydrogen-bond donors (Lipinski definition) is 6. The van der Waals surface area contributed by atoms with Gasteiger partial charge in [0.15, 0.2) is 0 Å². The van der Waals surface area contributed by atoms with E-state index < -0.39 is 84.5 Å². The van der Waals surface area contributed by atoms with E-state index in [4.69, 9.17) is 0 Å². The molecule has 6 N–H and O–H groups in total. The predicted molar refractivity (Wildman–Crippen MR) is 171 cm³/mol. The second kappa shape index (κ2) is 19.2. The van der Waals surface area contributed by atoms with Gasteiger partial charge in [-0.2, -0.15) is 0 Å². The summed E-state index contributed by atoms with van der Waals surface area (Å²) in [6.07, 6.45) is -0.141. The fourth-order valence-electron chi connectivity index (χ4n) is 5.95. The van der Waals surface area contributed by atoms with Crippen LogP contribution in [-0.2, 0) is 33.6 Å². The standard InChI is InChI=1S/C32H55N5O10/c1-9-20(8)27(35-29(43)26(18(4)5)19(6)7)30(44)33-21(15-24(38)39)31(45)37(36-12-10-11-13-36)23(16-25(40)41)28(42)34-22(32(46)47)14-17(2)3/h17-23,26-27H,9-16H2,1-8H3,(H,33,44)(H,34,42)(H,35,43)(H,38,39)(H,40,41)(H,46,47)/t20-,21-,22-,23-,27-/m0/s1. The second-order valence-electron chi connectivity index (χ2n) is 13.5. The van der Waals surface area contributed by atoms with E-state index in [1.54, 1.807) is 20.8 Å². The quantitative estimate of drug-likeness (QED) is 0.109. The van der Waals surface area contributed by atoms with Crippen molar-refractivity contribution in [3.8, 4) is 0 Å². The van der Waals surface area contributed by atoms with E-state index in [0.717, 1.165) is 5.01 Å². The third-order valence-corrected chi connectivity index (χ3v) is 8.43. The molecule has 4 amide bonds. The second-order valence-corrected chi connectivity index (χ2v) is 13.5. The molecule has 47 heavy (non-hydrogen) atoms. The first-order valence-electron chi connectivity index (χ1n) is 16.5. The molecular formula is C32H55N5O10. The summed E-state index contributed by atoms with van der Waals surface area (Å²) in [5.74, 6) is -8.54. The molecule has 15 heteroatoms. The molecule has 0 aromatic rings. The van der Waals surface area contributed by atoms with Gasteiger partial charge in [0.2, 0.25) is 17.7 Å². The smallest absolute Gasteiger partial charge is 0.326 e. The van der Waals surface area contributed by atoms with Crippen molar-refractivity contribution in [2.45, 2.75) is 118 Å². The lowest BCUT2D eigenvalue weighted by molar-refractivity contribution is -0.167. The molecule has 1 aliphatic heterocycles. The maximum atomic E-state index is 14.2. The van der Waals surface area contributed by atoms with Gasteiger partial charge in [0.1, 0.15) is 24.2 Å². The summed E-state index contributed by atoms with van der Waals surface area (Å²) < 4.78 is 0. The number of nitrogens with one attached hydrogen (secondary N) is 3. The maximum absolute atomic E-state index is 14.2. The highest BCUT2D eigenvalue weighted by Gasteiger charge is 2.43. The highest BCUT2D eigenvalue weighted by atomic mass is 16.4. The number of carbonyl (C=O) groups excluding carboxylic acids is 4. The minimum absolute atomic E-state index is 0.0351. The molecule has 1 fully saturated rings. The number of carbonyl (C=O) groups is 7. The normalized spacial score (nSPS) is 16.8. The predicted octanol–water partition coefficient (Wildman–Crippen LogP) is 1.70. The monoisotopic (exact) mass is 669 g/mol. The van der Waals surface area contributed by atoms with Crippen LogP contribution in [0.25, 0.3) is 0 Å². The molecule has 0 saturated carbocycles. The van der Waals surface area contributed by atoms with Gasteiger partial charge in [0, 0.05) is 19.0 Å². The summed E-state index contributed by atoms with van der Waals surface area (Å²) in [6.45, 7) is 15.1. The van der Waals surface area contributed by atoms with Crippen LogP contribution in [-0.4, -0.2) is 104 Å². The Morgan fingerprint density at radius 3 is 1.64 bits per heavy atom. The summed E-state index contributed by atoms with van der Waals surface area (Å²) in [4.78, 5) is 90.7. The van der Waals surface area contributed by atoms with Crippen molar-refractivity contribution in [1.29, 1.82) is 0 Å². The Labute approximate surface area is 277 Å². The summed E-state index contributed by atoms with van der Waals surface area (Å²) in [5, 5.41) is 39.1. The molecule has 0 aliphatic carbocycles. The topological polar surface area (TPSA) is 223 Å². The molecule has 0 radical (unpaired) electrons. The van der Waals surface area contributed by atoms with E-state index in [2.05, 4.69) is 16.0 Å². The molecule has 5 atom stereocenters. The van der Waals surface area contributed by atoms with Gasteiger partial charge in [0.05, 0.1) is 12.8 Å². The van der Waals surface area contributed by atoms with Crippen LogP contribution in [0.1, 0.15) is 93.9 Å². The van der Waals surface area contributed by atoms with Gasteiger partial charge in [0.25, 0.3) is 5.91 Å². The molecule has 0 aromatic heterocycles. The van der Waals surface area contributed by atoms with Crippen LogP contribution < -0.4 is 16.0 Å². The van der Waals surface area contributed by atoms with Gasteiger partial charge in [-0.05, 0) is 42.9 Å². The van der Waals surface area contributed by atoms with Crippen molar-refractivity contribution in [3.63, 3.8) is 0 Å². The van der Waals surface area contributed by atoms with Gasteiger partial charge < -0.3 is 31.3 Å². The molecule has 15 nitrogen and oxygen atoms in total. The molecular weight excluding hydrogens is 614 g/mol. The Hall–Kier alpha value is -3.75. The lowest BCUT2D eigenvalue weighted by Gasteiger charge is -2.39. The van der Waals surface area contributed by atoms with E-state index in [9.17, 15) is 48.9 Å². The van der Waals surface area contributed by atoms with E-state index in [1.165, 1.54) is 5.01 Å². The van der Waals surface area contributed by atoms with Gasteiger partial charge in [-0.25, -0.2) is 9.80 Å². The average molecular weight is 670 g/mol. The Kier molecular flexibility index (Phi) is 16.8. The summed E-state index contributed by atoms with van der Waals surface area (Å²) in [6, 6.07) is -5.99. The van der Waals surface area contributed by atoms with Gasteiger partial charge >= 0.3 is 17.9 Å². The number of hydrazine groups is 1. The van der Waals surface area contributed by atoms with Gasteiger partial charge in [-0.15, -0.1) is 0 Å². The number of amides is 4. The van der Waals surface area contributed by atoms with Crippen LogP contribution >= 0.6 is 0 Å². The number of carboxylic acid groups (broad SMARTS) is 3. The van der Waals surface area contributed by atoms with E-state index >= 15 is 0 Å². The molecule has 0 bridgehead atoms. The van der Waals surface area contributed by atoms with E-state index in [1.807, 2.05) is 34.6 Å². The van der Waals surface area contributed by atoms with Crippen molar-refractivity contribution in [2.24, 2.45) is 29.6 Å². The van der Waals surface area contributed by atoms with Crippen LogP contribution in [0.15, 0.2) is 0 Å². The molecule has 1 saturated heterocycles. The molecule has 268 valence electrons. The zero-order chi connectivity index (χ0) is 36.2. The summed E-state index contributed by atoms with van der Waals surface area (Å²) in [5.41, 5.74) is 0. The maximum Gasteiger partial charge on any atom is 0.326 e. The molecule has 1 aliphatic rings. The Morgan fingerprint density at radius 2 is 1.21 bits per heavy atom. The minimum Gasteiger partial charge on any atom is -0.481 e. The Bertz CT molecular complexity index is 1110. The van der Waals surface area contributed by atoms with Crippen molar-refractivity contribution >= 4 is 41.5 Å². The van der Waals surface area contributed by atoms with E-state index in [0.29, 0.717) is 19.3 Å². The molecule has 0 aromatic carbocycles. The average Bonchev–Trinajstić information content (AvgIpc) is 3.47. The molecule has 1 rings (SSSR count). The molecule has 0 unspecified atom stereocenters. The first kappa shape index (κ1) is 41.3. The summed E-state index contributed by atoms with van der Waals surface area (Å²) in [7, 11) is 0. The molecule has 0 spiro atoms. The minimum atomic E-state index is -1.75. The van der Waals surface area contributed by atoms with Crippen LogP contribution in [0.4, 0.5) is 0 Å². The van der Waals surface area contributed by atoms with Crippen LogP contribution in [0.2, 0.25) is 0 Å². The van der Waals surface area contributed by atoms with E-state index in [-0.39, 0.29) is 43.2 Å². The number of rotatable bonds is 20. The Balaban J connectivity index is 3.57. The van der Waals surface area contributed by atoms with Crippen molar-refractivity contribution in [1.82, 2.24) is 26.0 Å². The van der Waals surface area contributed by atoms with Crippen molar-refractivity contribution in [3.05, 3.63) is 0 Å². The molecule has 1 heterocycles. The highest BCUT2D eigenvalue weighted by molar-refractivity contribution is 5.97. The third kappa shape index (κ3) is 12.8.